The van der Waals surface area contributed by atoms with Crippen molar-refractivity contribution in [3.8, 4) is 11.1 Å². The third-order valence-electron chi connectivity index (χ3n) is 2.33. The van der Waals surface area contributed by atoms with Gasteiger partial charge in [-0.3, -0.25) is 9.78 Å². The van der Waals surface area contributed by atoms with Crippen LogP contribution < -0.4 is 0 Å². The Morgan fingerprint density at radius 3 is 2.65 bits per heavy atom. The molecule has 0 atom stereocenters. The van der Waals surface area contributed by atoms with Gasteiger partial charge >= 0.3 is 5.97 Å². The number of pyridine rings is 1. The van der Waals surface area contributed by atoms with Gasteiger partial charge in [0.15, 0.2) is 0 Å². The highest BCUT2D eigenvalue weighted by Gasteiger charge is 2.09. The van der Waals surface area contributed by atoms with E-state index < -0.39 is 11.8 Å². The smallest absolute Gasteiger partial charge is 0.309 e. The molecule has 0 unspecified atom stereocenters. The van der Waals surface area contributed by atoms with E-state index in [1.807, 2.05) is 6.07 Å². The van der Waals surface area contributed by atoms with Gasteiger partial charge in [-0.1, -0.05) is 30.3 Å². The van der Waals surface area contributed by atoms with Crippen molar-refractivity contribution in [2.24, 2.45) is 0 Å². The summed E-state index contributed by atoms with van der Waals surface area (Å²) in [6.07, 6.45) is 0.848. The van der Waals surface area contributed by atoms with Crippen molar-refractivity contribution < 1.29 is 14.3 Å². The number of carboxylic acids is 1. The zero-order chi connectivity index (χ0) is 12.3. The molecule has 2 aromatic rings. The number of halogens is 1. The first kappa shape index (κ1) is 11.3. The van der Waals surface area contributed by atoms with E-state index >= 15 is 0 Å². The van der Waals surface area contributed by atoms with Crippen LogP contribution in [0.2, 0.25) is 0 Å². The van der Waals surface area contributed by atoms with Crippen LogP contribution in [0.15, 0.2) is 42.6 Å². The first-order chi connectivity index (χ1) is 8.16. The fraction of sp³-hybridized carbons (Fsp3) is 0.0769. The van der Waals surface area contributed by atoms with Crippen LogP contribution in [0.5, 0.6) is 0 Å². The number of rotatable bonds is 3. The Morgan fingerprint density at radius 2 is 2.00 bits per heavy atom. The van der Waals surface area contributed by atoms with Gasteiger partial charge < -0.3 is 5.11 Å². The lowest BCUT2D eigenvalue weighted by atomic mass is 10.1. The number of carboxylic acid groups (broad SMARTS) is 1. The molecule has 0 aliphatic carbocycles. The van der Waals surface area contributed by atoms with Gasteiger partial charge in [-0.15, -0.1) is 0 Å². The number of nitrogens with zero attached hydrogens (tertiary/aromatic N) is 1. The van der Waals surface area contributed by atoms with Crippen LogP contribution in [0.1, 0.15) is 5.69 Å². The average Bonchev–Trinajstić information content (AvgIpc) is 2.32. The van der Waals surface area contributed by atoms with Crippen LogP contribution in [0, 0.1) is 5.82 Å². The minimum Gasteiger partial charge on any atom is -0.481 e. The molecule has 4 heteroatoms. The van der Waals surface area contributed by atoms with Crippen LogP contribution in [0.25, 0.3) is 11.1 Å². The molecule has 0 radical (unpaired) electrons. The number of aliphatic carboxylic acids is 1. The maximum atomic E-state index is 13.6. The monoisotopic (exact) mass is 231 g/mol. The zero-order valence-electron chi connectivity index (χ0n) is 8.93. The van der Waals surface area contributed by atoms with E-state index in [1.54, 1.807) is 24.3 Å². The molecule has 0 aliphatic rings. The largest absolute Gasteiger partial charge is 0.481 e. The molecular weight excluding hydrogens is 221 g/mol. The fourth-order valence-corrected chi connectivity index (χ4v) is 1.57. The maximum Gasteiger partial charge on any atom is 0.309 e. The van der Waals surface area contributed by atoms with Gasteiger partial charge in [-0.25, -0.2) is 4.39 Å². The van der Waals surface area contributed by atoms with E-state index in [0.717, 1.165) is 6.20 Å². The summed E-state index contributed by atoms with van der Waals surface area (Å²) in [7, 11) is 0. The van der Waals surface area contributed by atoms with Gasteiger partial charge in [0.2, 0.25) is 0 Å². The zero-order valence-corrected chi connectivity index (χ0v) is 8.93. The van der Waals surface area contributed by atoms with E-state index in [-0.39, 0.29) is 6.42 Å². The molecule has 1 heterocycles. The first-order valence-electron chi connectivity index (χ1n) is 5.08. The molecular formula is C13H10FNO2. The Labute approximate surface area is 97.6 Å². The molecule has 2 rings (SSSR count). The SMILES string of the molecule is O=C(O)Cc1cc(-c2ccccc2)c(F)cn1. The van der Waals surface area contributed by atoms with Gasteiger partial charge in [-0.05, 0) is 11.6 Å². The van der Waals surface area contributed by atoms with E-state index in [2.05, 4.69) is 4.98 Å². The van der Waals surface area contributed by atoms with Crippen molar-refractivity contribution in [1.29, 1.82) is 0 Å². The Bertz CT molecular complexity index is 540. The topological polar surface area (TPSA) is 50.2 Å². The van der Waals surface area contributed by atoms with Crippen LogP contribution in [0.3, 0.4) is 0 Å². The number of benzene rings is 1. The highest BCUT2D eigenvalue weighted by Crippen LogP contribution is 2.22. The average molecular weight is 231 g/mol. The molecule has 0 saturated carbocycles. The normalized spacial score (nSPS) is 10.2. The lowest BCUT2D eigenvalue weighted by Gasteiger charge is -2.05. The summed E-state index contributed by atoms with van der Waals surface area (Å²) in [5.74, 6) is -1.44. The van der Waals surface area contributed by atoms with Gasteiger partial charge in [0.1, 0.15) is 5.82 Å². The minimum absolute atomic E-state index is 0.208. The fourth-order valence-electron chi connectivity index (χ4n) is 1.57. The Kier molecular flexibility index (Phi) is 3.14. The lowest BCUT2D eigenvalue weighted by molar-refractivity contribution is -0.136. The van der Waals surface area contributed by atoms with E-state index in [9.17, 15) is 9.18 Å². The standard InChI is InChI=1S/C13H10FNO2/c14-12-8-15-10(7-13(16)17)6-11(12)9-4-2-1-3-5-9/h1-6,8H,7H2,(H,16,17). The number of hydrogen-bond acceptors (Lipinski definition) is 2. The third kappa shape index (κ3) is 2.66. The highest BCUT2D eigenvalue weighted by molar-refractivity contribution is 5.71. The van der Waals surface area contributed by atoms with Gasteiger partial charge in [-0.2, -0.15) is 0 Å². The predicted octanol–water partition coefficient (Wildman–Crippen LogP) is 2.51. The lowest BCUT2D eigenvalue weighted by Crippen LogP contribution is -2.03. The van der Waals surface area contributed by atoms with Gasteiger partial charge in [0, 0.05) is 5.56 Å². The maximum absolute atomic E-state index is 13.6. The highest BCUT2D eigenvalue weighted by atomic mass is 19.1. The molecule has 0 spiro atoms. The summed E-state index contributed by atoms with van der Waals surface area (Å²) < 4.78 is 13.6. The molecule has 0 aliphatic heterocycles. The van der Waals surface area contributed by atoms with Crippen molar-refractivity contribution in [3.05, 3.63) is 54.1 Å². The van der Waals surface area contributed by atoms with Crippen LogP contribution in [0.4, 0.5) is 4.39 Å². The summed E-state index contributed by atoms with van der Waals surface area (Å²) in [4.78, 5) is 14.3. The van der Waals surface area contributed by atoms with E-state index in [0.29, 0.717) is 16.8 Å². The van der Waals surface area contributed by atoms with E-state index in [4.69, 9.17) is 5.11 Å². The molecule has 3 nitrogen and oxygen atoms in total. The Balaban J connectivity index is 2.43. The molecule has 0 amide bonds. The number of hydrogen-bond donors (Lipinski definition) is 1. The van der Waals surface area contributed by atoms with Crippen molar-refractivity contribution >= 4 is 5.97 Å². The minimum atomic E-state index is -0.983. The summed E-state index contributed by atoms with van der Waals surface area (Å²) in [6.45, 7) is 0. The van der Waals surface area contributed by atoms with Crippen LogP contribution >= 0.6 is 0 Å². The summed E-state index contributed by atoms with van der Waals surface area (Å²) >= 11 is 0. The van der Waals surface area contributed by atoms with Gasteiger partial charge in [0.05, 0.1) is 18.3 Å². The molecule has 1 aromatic heterocycles. The van der Waals surface area contributed by atoms with Crippen molar-refractivity contribution in [1.82, 2.24) is 4.98 Å². The first-order valence-corrected chi connectivity index (χ1v) is 5.08. The quantitative estimate of drug-likeness (QED) is 0.883. The number of carbonyl (C=O) groups is 1. The second-order valence-corrected chi connectivity index (χ2v) is 3.59. The molecule has 0 saturated heterocycles. The molecule has 0 fully saturated rings. The number of aromatic nitrogens is 1. The van der Waals surface area contributed by atoms with Crippen molar-refractivity contribution in [3.63, 3.8) is 0 Å². The van der Waals surface area contributed by atoms with Crippen molar-refractivity contribution in [2.75, 3.05) is 0 Å². The summed E-state index contributed by atoms with van der Waals surface area (Å²) in [5.41, 5.74) is 1.42. The third-order valence-corrected chi connectivity index (χ3v) is 2.33. The van der Waals surface area contributed by atoms with Crippen molar-refractivity contribution in [2.45, 2.75) is 6.42 Å². The second kappa shape index (κ2) is 4.74. The summed E-state index contributed by atoms with van der Waals surface area (Å²) in [6, 6.07) is 10.4. The van der Waals surface area contributed by atoms with Crippen LogP contribution in [-0.4, -0.2) is 16.1 Å². The molecule has 86 valence electrons. The molecule has 0 bridgehead atoms. The molecule has 1 aromatic carbocycles. The Morgan fingerprint density at radius 1 is 1.29 bits per heavy atom. The van der Waals surface area contributed by atoms with Gasteiger partial charge in [0.25, 0.3) is 0 Å². The predicted molar refractivity (Wildman–Crippen MR) is 61.0 cm³/mol. The van der Waals surface area contributed by atoms with E-state index in [1.165, 1.54) is 6.07 Å². The summed E-state index contributed by atoms with van der Waals surface area (Å²) in [5, 5.41) is 8.66. The molecule has 17 heavy (non-hydrogen) atoms. The second-order valence-electron chi connectivity index (χ2n) is 3.59. The molecule has 1 N–H and O–H groups in total. The van der Waals surface area contributed by atoms with Crippen LogP contribution in [-0.2, 0) is 11.2 Å². The Hall–Kier alpha value is -2.23.